The molecule has 4 unspecified atom stereocenters. The maximum atomic E-state index is 3.68. The largest absolute Gasteiger partial charge is 0.0816 e. The molecule has 64 valence electrons. The quantitative estimate of drug-likeness (QED) is 0.478. The fourth-order valence-electron chi connectivity index (χ4n) is 3.72. The molecule has 3 rings (SSSR count). The van der Waals surface area contributed by atoms with E-state index < -0.39 is 0 Å². The second-order valence-corrected chi connectivity index (χ2v) is 5.17. The summed E-state index contributed by atoms with van der Waals surface area (Å²) in [6.45, 7) is 4.70. The molecule has 0 aromatic carbocycles. The lowest BCUT2D eigenvalue weighted by Crippen LogP contribution is -2.24. The van der Waals surface area contributed by atoms with Crippen LogP contribution in [0.5, 0.6) is 0 Å². The van der Waals surface area contributed by atoms with Crippen molar-refractivity contribution in [3.8, 4) is 0 Å². The minimum atomic E-state index is 0.465. The van der Waals surface area contributed by atoms with Crippen molar-refractivity contribution in [3.05, 3.63) is 18.1 Å². The molecule has 0 saturated heterocycles. The predicted octanol–water partition coefficient (Wildman–Crippen LogP) is 3.08. The van der Waals surface area contributed by atoms with E-state index in [9.17, 15) is 0 Å². The van der Waals surface area contributed by atoms with Gasteiger partial charge in [0.1, 0.15) is 0 Å². The van der Waals surface area contributed by atoms with Gasteiger partial charge < -0.3 is 0 Å². The van der Waals surface area contributed by atoms with Crippen LogP contribution in [0.25, 0.3) is 0 Å². The molecule has 0 spiro atoms. The molecule has 2 radical (unpaired) electrons. The van der Waals surface area contributed by atoms with Gasteiger partial charge in [-0.3, -0.25) is 0 Å². The van der Waals surface area contributed by atoms with Crippen molar-refractivity contribution < 1.29 is 0 Å². The van der Waals surface area contributed by atoms with E-state index >= 15 is 0 Å². The van der Waals surface area contributed by atoms with E-state index in [1.54, 1.807) is 5.57 Å². The number of fused-ring (bicyclic) bond motifs is 5. The third-order valence-electron chi connectivity index (χ3n) is 4.28. The molecule has 0 aliphatic heterocycles. The summed E-state index contributed by atoms with van der Waals surface area (Å²) in [6, 6.07) is 0. The van der Waals surface area contributed by atoms with Gasteiger partial charge in [0.15, 0.2) is 0 Å². The molecule has 0 amide bonds. The number of allylic oxidation sites excluding steroid dienone is 2. The van der Waals surface area contributed by atoms with Crippen molar-refractivity contribution in [2.75, 3.05) is 0 Å². The van der Waals surface area contributed by atoms with E-state index in [4.69, 9.17) is 0 Å². The SMILES string of the molecule is CC1=CC2C(C1)C1C[C]C2(C)C1. The lowest BCUT2D eigenvalue weighted by atomic mass is 9.73. The van der Waals surface area contributed by atoms with Gasteiger partial charge in [0.2, 0.25) is 0 Å². The maximum absolute atomic E-state index is 3.68. The Balaban J connectivity index is 2.00. The Morgan fingerprint density at radius 2 is 2.42 bits per heavy atom. The van der Waals surface area contributed by atoms with Crippen LogP contribution in [0.3, 0.4) is 0 Å². The lowest BCUT2D eigenvalue weighted by molar-refractivity contribution is 0.263. The summed E-state index contributed by atoms with van der Waals surface area (Å²) < 4.78 is 0. The number of hydrogen-bond donors (Lipinski definition) is 0. The van der Waals surface area contributed by atoms with Crippen molar-refractivity contribution in [2.45, 2.75) is 33.1 Å². The Labute approximate surface area is 75.0 Å². The normalized spacial score (nSPS) is 55.8. The molecular formula is C12H16. The van der Waals surface area contributed by atoms with Crippen LogP contribution in [0.4, 0.5) is 0 Å². The summed E-state index contributed by atoms with van der Waals surface area (Å²) >= 11 is 0. The molecule has 0 nitrogen and oxygen atoms in total. The topological polar surface area (TPSA) is 0 Å². The average molecular weight is 160 g/mol. The minimum Gasteiger partial charge on any atom is -0.0816 e. The molecule has 2 bridgehead atoms. The number of hydrogen-bond acceptors (Lipinski definition) is 0. The van der Waals surface area contributed by atoms with Crippen molar-refractivity contribution in [3.63, 3.8) is 0 Å². The van der Waals surface area contributed by atoms with Crippen LogP contribution in [0.2, 0.25) is 0 Å². The van der Waals surface area contributed by atoms with Gasteiger partial charge in [0.25, 0.3) is 0 Å². The van der Waals surface area contributed by atoms with E-state index in [0.29, 0.717) is 5.41 Å². The van der Waals surface area contributed by atoms with Crippen LogP contribution in [0.15, 0.2) is 11.6 Å². The second-order valence-electron chi connectivity index (χ2n) is 5.17. The first kappa shape index (κ1) is 7.17. The average Bonchev–Trinajstić information content (AvgIpc) is 2.57. The molecular weight excluding hydrogens is 144 g/mol. The van der Waals surface area contributed by atoms with Crippen LogP contribution in [0, 0.1) is 29.6 Å². The van der Waals surface area contributed by atoms with Gasteiger partial charge in [-0.25, -0.2) is 0 Å². The molecule has 12 heavy (non-hydrogen) atoms. The van der Waals surface area contributed by atoms with E-state index in [-0.39, 0.29) is 0 Å². The molecule has 0 aromatic heterocycles. The van der Waals surface area contributed by atoms with Crippen molar-refractivity contribution in [1.82, 2.24) is 0 Å². The van der Waals surface area contributed by atoms with Gasteiger partial charge in [-0.2, -0.15) is 0 Å². The summed E-state index contributed by atoms with van der Waals surface area (Å²) in [4.78, 5) is 0. The molecule has 0 heterocycles. The summed E-state index contributed by atoms with van der Waals surface area (Å²) in [5.74, 6) is 2.83. The molecule has 4 atom stereocenters. The molecule has 3 aliphatic rings. The predicted molar refractivity (Wildman–Crippen MR) is 49.4 cm³/mol. The Morgan fingerprint density at radius 3 is 3.17 bits per heavy atom. The van der Waals surface area contributed by atoms with Gasteiger partial charge in [-0.1, -0.05) is 18.6 Å². The highest BCUT2D eigenvalue weighted by Crippen LogP contribution is 2.63. The van der Waals surface area contributed by atoms with Crippen molar-refractivity contribution >= 4 is 0 Å². The monoisotopic (exact) mass is 160 g/mol. The minimum absolute atomic E-state index is 0.465. The van der Waals surface area contributed by atoms with E-state index in [2.05, 4.69) is 26.3 Å². The van der Waals surface area contributed by atoms with Gasteiger partial charge >= 0.3 is 0 Å². The van der Waals surface area contributed by atoms with Gasteiger partial charge in [0, 0.05) is 0 Å². The third-order valence-corrected chi connectivity index (χ3v) is 4.28. The highest BCUT2D eigenvalue weighted by Gasteiger charge is 2.55. The number of rotatable bonds is 0. The van der Waals surface area contributed by atoms with Crippen LogP contribution < -0.4 is 0 Å². The molecule has 0 heteroatoms. The van der Waals surface area contributed by atoms with Gasteiger partial charge in [0.05, 0.1) is 0 Å². The zero-order chi connectivity index (χ0) is 8.34. The maximum Gasteiger partial charge on any atom is -0.00996 e. The highest BCUT2D eigenvalue weighted by atomic mass is 14.6. The molecule has 0 N–H and O–H groups in total. The van der Waals surface area contributed by atoms with Gasteiger partial charge in [-0.05, 0) is 55.8 Å². The van der Waals surface area contributed by atoms with Crippen LogP contribution in [-0.4, -0.2) is 0 Å². The standard InChI is InChI=1S/C12H16/c1-8-5-10-9-3-4-12(2,7-9)11(10)6-8/h6,9-11H,3,5,7H2,1-2H3. The van der Waals surface area contributed by atoms with Gasteiger partial charge in [-0.15, -0.1) is 0 Å². The Bertz CT molecular complexity index is 251. The first-order valence-corrected chi connectivity index (χ1v) is 5.11. The van der Waals surface area contributed by atoms with Crippen molar-refractivity contribution in [1.29, 1.82) is 0 Å². The fourth-order valence-corrected chi connectivity index (χ4v) is 3.72. The summed E-state index contributed by atoms with van der Waals surface area (Å²) in [5.41, 5.74) is 2.09. The van der Waals surface area contributed by atoms with E-state index in [0.717, 1.165) is 17.8 Å². The Kier molecular flexibility index (Phi) is 1.18. The summed E-state index contributed by atoms with van der Waals surface area (Å²) in [5, 5.41) is 0. The third kappa shape index (κ3) is 0.694. The first-order valence-electron chi connectivity index (χ1n) is 5.11. The summed E-state index contributed by atoms with van der Waals surface area (Å²) in [7, 11) is 0. The fraction of sp³-hybridized carbons (Fsp3) is 0.750. The lowest BCUT2D eigenvalue weighted by Gasteiger charge is -2.30. The molecule has 2 saturated carbocycles. The zero-order valence-electron chi connectivity index (χ0n) is 7.93. The summed E-state index contributed by atoms with van der Waals surface area (Å²) in [6.07, 6.45) is 10.3. The van der Waals surface area contributed by atoms with Crippen LogP contribution in [0.1, 0.15) is 33.1 Å². The Morgan fingerprint density at radius 1 is 1.58 bits per heavy atom. The van der Waals surface area contributed by atoms with E-state index in [1.165, 1.54) is 19.3 Å². The smallest absolute Gasteiger partial charge is 0.00996 e. The molecule has 0 aromatic rings. The first-order chi connectivity index (χ1) is 5.69. The Hall–Kier alpha value is -0.260. The molecule has 3 aliphatic carbocycles. The highest BCUT2D eigenvalue weighted by molar-refractivity contribution is 5.25. The van der Waals surface area contributed by atoms with Crippen molar-refractivity contribution in [2.24, 2.45) is 23.2 Å². The zero-order valence-corrected chi connectivity index (χ0v) is 7.93. The molecule has 2 fully saturated rings. The van der Waals surface area contributed by atoms with E-state index in [1.807, 2.05) is 0 Å². The van der Waals surface area contributed by atoms with Crippen LogP contribution >= 0.6 is 0 Å². The second kappa shape index (κ2) is 1.97. The van der Waals surface area contributed by atoms with Crippen LogP contribution in [-0.2, 0) is 0 Å².